The number of carbonyl (C=O) groups excluding carboxylic acids is 1. The minimum atomic E-state index is -0.592. The molecule has 0 spiro atoms. The lowest BCUT2D eigenvalue weighted by Crippen LogP contribution is -2.38. The first-order valence-corrected chi connectivity index (χ1v) is 7.19. The number of nitrogens with zero attached hydrogens (tertiary/aromatic N) is 2. The molecular formula is C14H15N3O3S. The van der Waals surface area contributed by atoms with E-state index in [0.717, 1.165) is 4.88 Å². The number of nitrogens with one attached hydrogen (secondary N) is 1. The molecule has 1 amide bonds. The zero-order valence-corrected chi connectivity index (χ0v) is 12.1. The molecule has 7 heteroatoms. The average Bonchev–Trinajstić information content (AvgIpc) is 2.94. The van der Waals surface area contributed by atoms with Gasteiger partial charge in [0.15, 0.2) is 0 Å². The van der Waals surface area contributed by atoms with Crippen molar-refractivity contribution in [2.24, 2.45) is 0 Å². The van der Waals surface area contributed by atoms with Gasteiger partial charge in [0.2, 0.25) is 5.91 Å². The first-order valence-electron chi connectivity index (χ1n) is 6.31. The maximum Gasteiger partial charge on any atom is 0.328 e. The molecule has 0 saturated carbocycles. The van der Waals surface area contributed by atoms with Crippen molar-refractivity contribution < 1.29 is 4.79 Å². The number of thiophene rings is 1. The molecule has 1 N–H and O–H groups in total. The van der Waals surface area contributed by atoms with E-state index in [0.29, 0.717) is 13.1 Å². The van der Waals surface area contributed by atoms with Crippen LogP contribution in [0.1, 0.15) is 4.88 Å². The van der Waals surface area contributed by atoms with E-state index in [-0.39, 0.29) is 12.5 Å². The summed E-state index contributed by atoms with van der Waals surface area (Å²) >= 11 is 1.56. The minimum Gasteiger partial charge on any atom is -0.332 e. The van der Waals surface area contributed by atoms with Crippen molar-refractivity contribution in [1.82, 2.24) is 14.5 Å². The minimum absolute atomic E-state index is 0.116. The molecular weight excluding hydrogens is 290 g/mol. The second-order valence-corrected chi connectivity index (χ2v) is 5.41. The molecule has 110 valence electrons. The van der Waals surface area contributed by atoms with Gasteiger partial charge in [0.05, 0.1) is 6.54 Å². The lowest BCUT2D eigenvalue weighted by Gasteiger charge is -2.20. The highest BCUT2D eigenvalue weighted by molar-refractivity contribution is 7.09. The van der Waals surface area contributed by atoms with Crippen LogP contribution in [0.5, 0.6) is 0 Å². The molecule has 21 heavy (non-hydrogen) atoms. The largest absolute Gasteiger partial charge is 0.332 e. The summed E-state index contributed by atoms with van der Waals surface area (Å²) in [6, 6.07) is 5.08. The van der Waals surface area contributed by atoms with Crippen LogP contribution in [0.3, 0.4) is 0 Å². The Labute approximate surface area is 125 Å². The van der Waals surface area contributed by atoms with Crippen LogP contribution in [0.4, 0.5) is 0 Å². The molecule has 2 heterocycles. The van der Waals surface area contributed by atoms with E-state index in [1.165, 1.54) is 16.8 Å². The lowest BCUT2D eigenvalue weighted by atomic mass is 10.3. The number of aromatic amines is 1. The third-order valence-electron chi connectivity index (χ3n) is 2.83. The number of carbonyl (C=O) groups is 1. The highest BCUT2D eigenvalue weighted by Crippen LogP contribution is 2.12. The van der Waals surface area contributed by atoms with Gasteiger partial charge in [0.1, 0.15) is 6.54 Å². The number of amides is 1. The van der Waals surface area contributed by atoms with Gasteiger partial charge in [0.25, 0.3) is 5.56 Å². The van der Waals surface area contributed by atoms with Gasteiger partial charge < -0.3 is 4.90 Å². The predicted molar refractivity (Wildman–Crippen MR) is 81.3 cm³/mol. The van der Waals surface area contributed by atoms with Crippen molar-refractivity contribution in [2.45, 2.75) is 13.1 Å². The van der Waals surface area contributed by atoms with Gasteiger partial charge in [-0.1, -0.05) is 12.1 Å². The molecule has 2 aromatic heterocycles. The number of hydrogen-bond donors (Lipinski definition) is 1. The molecule has 0 aliphatic rings. The maximum atomic E-state index is 12.3. The predicted octanol–water partition coefficient (Wildman–Crippen LogP) is 0.813. The molecule has 0 saturated heterocycles. The van der Waals surface area contributed by atoms with Crippen LogP contribution in [0, 0.1) is 0 Å². The SMILES string of the molecule is C=CCN(Cc1cccs1)C(=O)Cn1ccc(=O)[nH]c1=O. The van der Waals surface area contributed by atoms with Crippen LogP contribution in [-0.2, 0) is 17.9 Å². The zero-order valence-electron chi connectivity index (χ0n) is 11.3. The van der Waals surface area contributed by atoms with E-state index in [2.05, 4.69) is 11.6 Å². The lowest BCUT2D eigenvalue weighted by molar-refractivity contribution is -0.131. The molecule has 0 aliphatic carbocycles. The second kappa shape index (κ2) is 6.85. The monoisotopic (exact) mass is 305 g/mol. The van der Waals surface area contributed by atoms with Crippen molar-refractivity contribution in [3.8, 4) is 0 Å². The topological polar surface area (TPSA) is 75.2 Å². The van der Waals surface area contributed by atoms with Crippen LogP contribution in [0.25, 0.3) is 0 Å². The number of rotatable bonds is 6. The fourth-order valence-corrected chi connectivity index (χ4v) is 2.53. The molecule has 0 unspecified atom stereocenters. The van der Waals surface area contributed by atoms with E-state index >= 15 is 0 Å². The van der Waals surface area contributed by atoms with Crippen molar-refractivity contribution >= 4 is 17.2 Å². The second-order valence-electron chi connectivity index (χ2n) is 4.38. The Morgan fingerprint density at radius 2 is 2.24 bits per heavy atom. The molecule has 2 aromatic rings. The Hall–Kier alpha value is -2.41. The fraction of sp³-hybridized carbons (Fsp3) is 0.214. The van der Waals surface area contributed by atoms with Gasteiger partial charge in [0, 0.05) is 23.7 Å². The van der Waals surface area contributed by atoms with E-state index in [1.807, 2.05) is 17.5 Å². The quantitative estimate of drug-likeness (QED) is 0.803. The molecule has 0 fully saturated rings. The van der Waals surface area contributed by atoms with E-state index < -0.39 is 11.2 Å². The van der Waals surface area contributed by atoms with Crippen LogP contribution >= 0.6 is 11.3 Å². The summed E-state index contributed by atoms with van der Waals surface area (Å²) in [5, 5.41) is 1.94. The summed E-state index contributed by atoms with van der Waals surface area (Å²) in [7, 11) is 0. The highest BCUT2D eigenvalue weighted by Gasteiger charge is 2.14. The fourth-order valence-electron chi connectivity index (χ4n) is 1.82. The Kier molecular flexibility index (Phi) is 4.89. The first-order chi connectivity index (χ1) is 10.1. The van der Waals surface area contributed by atoms with Gasteiger partial charge in [-0.15, -0.1) is 17.9 Å². The highest BCUT2D eigenvalue weighted by atomic mass is 32.1. The molecule has 0 radical (unpaired) electrons. The van der Waals surface area contributed by atoms with Crippen LogP contribution in [0.2, 0.25) is 0 Å². The Bertz CT molecular complexity index is 730. The summed E-state index contributed by atoms with van der Waals surface area (Å²) in [6.07, 6.45) is 2.96. The summed E-state index contributed by atoms with van der Waals surface area (Å²) in [6.45, 7) is 4.40. The zero-order chi connectivity index (χ0) is 15.2. The van der Waals surface area contributed by atoms with Crippen LogP contribution in [-0.4, -0.2) is 26.9 Å². The molecule has 0 bridgehead atoms. The summed E-state index contributed by atoms with van der Waals surface area (Å²) in [5.74, 6) is -0.211. The van der Waals surface area contributed by atoms with Gasteiger partial charge in [-0.2, -0.15) is 0 Å². The Balaban J connectivity index is 2.12. The summed E-state index contributed by atoms with van der Waals surface area (Å²) in [5.41, 5.74) is -1.07. The molecule has 0 aromatic carbocycles. The van der Waals surface area contributed by atoms with Gasteiger partial charge in [-0.05, 0) is 11.4 Å². The normalized spacial score (nSPS) is 10.3. The molecule has 2 rings (SSSR count). The maximum absolute atomic E-state index is 12.3. The number of hydrogen-bond acceptors (Lipinski definition) is 4. The Morgan fingerprint density at radius 3 is 2.86 bits per heavy atom. The third kappa shape index (κ3) is 4.03. The van der Waals surface area contributed by atoms with Gasteiger partial charge in [-0.25, -0.2) is 4.79 Å². The van der Waals surface area contributed by atoms with Crippen molar-refractivity contribution in [3.05, 3.63) is 68.1 Å². The number of H-pyrrole nitrogens is 1. The molecule has 6 nitrogen and oxygen atoms in total. The van der Waals surface area contributed by atoms with Crippen molar-refractivity contribution in [3.63, 3.8) is 0 Å². The van der Waals surface area contributed by atoms with E-state index in [4.69, 9.17) is 0 Å². The van der Waals surface area contributed by atoms with E-state index in [1.54, 1.807) is 22.3 Å². The Morgan fingerprint density at radius 1 is 1.43 bits per heavy atom. The average molecular weight is 305 g/mol. The van der Waals surface area contributed by atoms with Gasteiger partial charge in [-0.3, -0.25) is 19.1 Å². The van der Waals surface area contributed by atoms with E-state index in [9.17, 15) is 14.4 Å². The smallest absolute Gasteiger partial charge is 0.328 e. The van der Waals surface area contributed by atoms with Crippen LogP contribution < -0.4 is 11.2 Å². The van der Waals surface area contributed by atoms with Crippen LogP contribution in [0.15, 0.2) is 52.0 Å². The van der Waals surface area contributed by atoms with Gasteiger partial charge >= 0.3 is 5.69 Å². The summed E-state index contributed by atoms with van der Waals surface area (Å²) in [4.78, 5) is 39.7. The van der Waals surface area contributed by atoms with Crippen molar-refractivity contribution in [1.29, 1.82) is 0 Å². The van der Waals surface area contributed by atoms with Crippen molar-refractivity contribution in [2.75, 3.05) is 6.54 Å². The molecule has 0 atom stereocenters. The standard InChI is InChI=1S/C14H15N3O3S/c1-2-6-16(9-11-4-3-8-21-11)13(19)10-17-7-5-12(18)15-14(17)20/h2-5,7-8H,1,6,9-10H2,(H,15,18,20). The first kappa shape index (κ1) is 15.0. The number of aromatic nitrogens is 2. The molecule has 0 aliphatic heterocycles. The summed E-state index contributed by atoms with van der Waals surface area (Å²) < 4.78 is 1.17. The third-order valence-corrected chi connectivity index (χ3v) is 3.69.